The smallest absolute Gasteiger partial charge is 0.0404 e. The maximum absolute atomic E-state index is 8.37. The molecule has 1 rings (SSSR count). The van der Waals surface area contributed by atoms with Crippen LogP contribution in [0.15, 0.2) is 0 Å². The van der Waals surface area contributed by atoms with E-state index in [2.05, 4.69) is 0 Å². The maximum atomic E-state index is 8.37. The summed E-state index contributed by atoms with van der Waals surface area (Å²) in [6, 6.07) is 0.218. The van der Waals surface area contributed by atoms with Crippen molar-refractivity contribution in [2.75, 3.05) is 13.1 Å². The van der Waals surface area contributed by atoms with Gasteiger partial charge in [-0.2, -0.15) is 5.06 Å². The van der Waals surface area contributed by atoms with Crippen molar-refractivity contribution < 1.29 is 5.21 Å². The van der Waals surface area contributed by atoms with E-state index in [9.17, 15) is 0 Å². The highest BCUT2D eigenvalue weighted by molar-refractivity contribution is 4.75. The molecule has 0 unspecified atom stereocenters. The fraction of sp³-hybridized carbons (Fsp3) is 1.00. The van der Waals surface area contributed by atoms with Gasteiger partial charge in [0.2, 0.25) is 0 Å². The molecule has 0 aromatic rings. The largest absolute Gasteiger partial charge is 0.325 e. The van der Waals surface area contributed by atoms with Gasteiger partial charge in [-0.15, -0.1) is 0 Å². The van der Waals surface area contributed by atoms with Crippen molar-refractivity contribution >= 4 is 0 Å². The molecule has 0 spiro atoms. The first kappa shape index (κ1) is 4.05. The standard InChI is InChI=1S/C3H8N2O/c4-3-1-5(6)2-3/h3,6H,1-2,4H2. The fourth-order valence-electron chi connectivity index (χ4n) is 0.488. The second-order valence-corrected chi connectivity index (χ2v) is 1.63. The minimum absolute atomic E-state index is 0.218. The van der Waals surface area contributed by atoms with Crippen LogP contribution in [0.2, 0.25) is 0 Å². The van der Waals surface area contributed by atoms with E-state index in [4.69, 9.17) is 10.9 Å². The van der Waals surface area contributed by atoms with E-state index in [0.717, 1.165) is 0 Å². The lowest BCUT2D eigenvalue weighted by molar-refractivity contribution is -0.147. The van der Waals surface area contributed by atoms with Gasteiger partial charge in [0.15, 0.2) is 0 Å². The summed E-state index contributed by atoms with van der Waals surface area (Å²) in [4.78, 5) is 0. The van der Waals surface area contributed by atoms with Crippen molar-refractivity contribution in [2.24, 2.45) is 5.73 Å². The van der Waals surface area contributed by atoms with E-state index in [-0.39, 0.29) is 6.04 Å². The van der Waals surface area contributed by atoms with Crippen LogP contribution in [-0.2, 0) is 0 Å². The van der Waals surface area contributed by atoms with Gasteiger partial charge >= 0.3 is 0 Å². The molecule has 0 aliphatic carbocycles. The molecule has 0 aromatic carbocycles. The minimum Gasteiger partial charge on any atom is -0.325 e. The van der Waals surface area contributed by atoms with Gasteiger partial charge in [0.05, 0.1) is 0 Å². The summed E-state index contributed by atoms with van der Waals surface area (Å²) in [6.07, 6.45) is 0. The summed E-state index contributed by atoms with van der Waals surface area (Å²) in [5.41, 5.74) is 5.27. The molecule has 1 saturated heterocycles. The second kappa shape index (κ2) is 1.18. The van der Waals surface area contributed by atoms with Crippen LogP contribution in [0.25, 0.3) is 0 Å². The van der Waals surface area contributed by atoms with Crippen LogP contribution in [-0.4, -0.2) is 29.4 Å². The third kappa shape index (κ3) is 0.518. The van der Waals surface area contributed by atoms with Crippen LogP contribution in [0.4, 0.5) is 0 Å². The van der Waals surface area contributed by atoms with Crippen molar-refractivity contribution in [1.82, 2.24) is 5.06 Å². The molecule has 1 aliphatic heterocycles. The van der Waals surface area contributed by atoms with E-state index in [0.29, 0.717) is 13.1 Å². The SMILES string of the molecule is NC1CN(O)C1. The van der Waals surface area contributed by atoms with Gasteiger partial charge in [-0.25, -0.2) is 0 Å². The Labute approximate surface area is 36.3 Å². The number of hydroxylamine groups is 2. The third-order valence-electron chi connectivity index (χ3n) is 0.891. The molecular formula is C3H8N2O. The van der Waals surface area contributed by atoms with Crippen LogP contribution in [0.1, 0.15) is 0 Å². The van der Waals surface area contributed by atoms with Gasteiger partial charge in [0.25, 0.3) is 0 Å². The quantitative estimate of drug-likeness (QED) is 0.400. The highest BCUT2D eigenvalue weighted by Gasteiger charge is 2.19. The minimum atomic E-state index is 0.218. The van der Waals surface area contributed by atoms with E-state index < -0.39 is 0 Å². The number of rotatable bonds is 0. The van der Waals surface area contributed by atoms with Gasteiger partial charge in [-0.3, -0.25) is 0 Å². The van der Waals surface area contributed by atoms with Crippen molar-refractivity contribution in [3.8, 4) is 0 Å². The maximum Gasteiger partial charge on any atom is 0.0404 e. The van der Waals surface area contributed by atoms with Crippen molar-refractivity contribution in [3.05, 3.63) is 0 Å². The zero-order chi connectivity index (χ0) is 4.57. The summed E-state index contributed by atoms with van der Waals surface area (Å²) >= 11 is 0. The number of nitrogens with zero attached hydrogens (tertiary/aromatic N) is 1. The molecule has 0 atom stereocenters. The molecule has 0 amide bonds. The molecule has 1 fully saturated rings. The Morgan fingerprint density at radius 3 is 2.17 bits per heavy atom. The van der Waals surface area contributed by atoms with Gasteiger partial charge in [-0.05, 0) is 0 Å². The van der Waals surface area contributed by atoms with Crippen LogP contribution in [0.5, 0.6) is 0 Å². The molecule has 1 aliphatic rings. The van der Waals surface area contributed by atoms with Crippen molar-refractivity contribution in [1.29, 1.82) is 0 Å². The summed E-state index contributed by atoms with van der Waals surface area (Å²) in [6.45, 7) is 1.28. The molecule has 0 aromatic heterocycles. The van der Waals surface area contributed by atoms with Crippen LogP contribution in [0, 0.1) is 0 Å². The van der Waals surface area contributed by atoms with E-state index >= 15 is 0 Å². The monoisotopic (exact) mass is 88.1 g/mol. The van der Waals surface area contributed by atoms with Gasteiger partial charge < -0.3 is 10.9 Å². The lowest BCUT2D eigenvalue weighted by atomic mass is 10.2. The molecule has 0 saturated carbocycles. The summed E-state index contributed by atoms with van der Waals surface area (Å²) in [5, 5.41) is 9.57. The average Bonchev–Trinajstić information content (AvgIpc) is 1.33. The highest BCUT2D eigenvalue weighted by Crippen LogP contribution is 1.97. The molecule has 36 valence electrons. The lowest BCUT2D eigenvalue weighted by Gasteiger charge is -2.30. The predicted octanol–water partition coefficient (Wildman–Crippen LogP) is -0.982. The Morgan fingerprint density at radius 1 is 1.67 bits per heavy atom. The first-order valence-electron chi connectivity index (χ1n) is 1.98. The Morgan fingerprint density at radius 2 is 2.17 bits per heavy atom. The van der Waals surface area contributed by atoms with Gasteiger partial charge in [-0.1, -0.05) is 0 Å². The fourth-order valence-corrected chi connectivity index (χ4v) is 0.488. The predicted molar refractivity (Wildman–Crippen MR) is 21.3 cm³/mol. The second-order valence-electron chi connectivity index (χ2n) is 1.63. The van der Waals surface area contributed by atoms with E-state index in [1.54, 1.807) is 0 Å². The molecule has 3 nitrogen and oxygen atoms in total. The van der Waals surface area contributed by atoms with E-state index in [1.165, 1.54) is 5.06 Å². The Kier molecular flexibility index (Phi) is 0.799. The number of hydrogen-bond acceptors (Lipinski definition) is 3. The van der Waals surface area contributed by atoms with Gasteiger partial charge in [0.1, 0.15) is 0 Å². The third-order valence-corrected chi connectivity index (χ3v) is 0.891. The topological polar surface area (TPSA) is 49.5 Å². The highest BCUT2D eigenvalue weighted by atomic mass is 16.5. The summed E-state index contributed by atoms with van der Waals surface area (Å²) in [5.74, 6) is 0. The molecule has 3 N–H and O–H groups in total. The van der Waals surface area contributed by atoms with Crippen molar-refractivity contribution in [3.63, 3.8) is 0 Å². The van der Waals surface area contributed by atoms with Gasteiger partial charge in [0, 0.05) is 19.1 Å². The number of hydrogen-bond donors (Lipinski definition) is 2. The van der Waals surface area contributed by atoms with Crippen LogP contribution in [0.3, 0.4) is 0 Å². The van der Waals surface area contributed by atoms with Crippen LogP contribution >= 0.6 is 0 Å². The molecule has 6 heavy (non-hydrogen) atoms. The summed E-state index contributed by atoms with van der Waals surface area (Å²) in [7, 11) is 0. The lowest BCUT2D eigenvalue weighted by Crippen LogP contribution is -2.53. The normalized spacial score (nSPS) is 27.0. The first-order valence-corrected chi connectivity index (χ1v) is 1.98. The Hall–Kier alpha value is -0.120. The van der Waals surface area contributed by atoms with E-state index in [1.807, 2.05) is 0 Å². The van der Waals surface area contributed by atoms with Crippen molar-refractivity contribution in [2.45, 2.75) is 6.04 Å². The number of nitrogens with two attached hydrogens (primary N) is 1. The van der Waals surface area contributed by atoms with Crippen LogP contribution < -0.4 is 5.73 Å². The zero-order valence-electron chi connectivity index (χ0n) is 3.46. The molecule has 0 radical (unpaired) electrons. The Bertz CT molecular complexity index is 44.8. The first-order chi connectivity index (χ1) is 2.79. The Balaban J connectivity index is 2.11. The summed E-state index contributed by atoms with van der Waals surface area (Å²) < 4.78 is 0. The molecular weight excluding hydrogens is 80.0 g/mol. The zero-order valence-corrected chi connectivity index (χ0v) is 3.46. The molecule has 0 bridgehead atoms. The average molecular weight is 88.1 g/mol. The molecule has 1 heterocycles. The molecule has 3 heteroatoms.